The smallest absolute Gasteiger partial charge is 0.261 e. The molecule has 0 heterocycles. The normalized spacial score (nSPS) is 12.7. The van der Waals surface area contributed by atoms with Gasteiger partial charge in [0.05, 0.1) is 0 Å². The van der Waals surface area contributed by atoms with Crippen LogP contribution in [0.2, 0.25) is 5.02 Å². The fourth-order valence-corrected chi connectivity index (χ4v) is 3.21. The molecule has 0 aliphatic heterocycles. The Morgan fingerprint density at radius 1 is 1.17 bits per heavy atom. The monoisotopic (exact) mass is 480 g/mol. The number of carbonyl (C=O) groups excluding carboxylic acids is 2. The second kappa shape index (κ2) is 11.2. The summed E-state index contributed by atoms with van der Waals surface area (Å²) < 4.78 is 6.52. The Labute approximate surface area is 185 Å². The molecule has 0 aliphatic carbocycles. The Balaban J connectivity index is 2.14. The third-order valence-corrected chi connectivity index (χ3v) is 5.33. The third kappa shape index (κ3) is 7.37. The number of nitrogens with zero attached hydrogens (tertiary/aromatic N) is 1. The molecule has 0 radical (unpaired) electrons. The molecule has 0 spiro atoms. The first-order valence-corrected chi connectivity index (χ1v) is 10.7. The van der Waals surface area contributed by atoms with Crippen LogP contribution < -0.4 is 10.1 Å². The van der Waals surface area contributed by atoms with E-state index < -0.39 is 6.04 Å². The third-order valence-electron chi connectivity index (χ3n) is 4.59. The van der Waals surface area contributed by atoms with E-state index in [9.17, 15) is 9.59 Å². The zero-order valence-corrected chi connectivity index (χ0v) is 19.2. The van der Waals surface area contributed by atoms with Gasteiger partial charge in [0, 0.05) is 22.1 Å². The van der Waals surface area contributed by atoms with Crippen molar-refractivity contribution in [3.05, 3.63) is 63.6 Å². The Bertz CT molecular complexity index is 829. The maximum absolute atomic E-state index is 13.0. The summed E-state index contributed by atoms with van der Waals surface area (Å²) in [7, 11) is 0. The van der Waals surface area contributed by atoms with E-state index in [0.29, 0.717) is 17.3 Å². The van der Waals surface area contributed by atoms with E-state index in [1.54, 1.807) is 31.2 Å². The topological polar surface area (TPSA) is 58.6 Å². The van der Waals surface area contributed by atoms with E-state index in [0.717, 1.165) is 16.5 Å². The first-order valence-electron chi connectivity index (χ1n) is 9.52. The van der Waals surface area contributed by atoms with Crippen LogP contribution in [0, 0.1) is 0 Å². The number of ether oxygens (including phenoxy) is 1. The molecule has 2 rings (SSSR count). The first kappa shape index (κ1) is 23.2. The van der Waals surface area contributed by atoms with Gasteiger partial charge in [-0.3, -0.25) is 9.59 Å². The van der Waals surface area contributed by atoms with Gasteiger partial charge in [-0.15, -0.1) is 0 Å². The molecule has 0 bridgehead atoms. The van der Waals surface area contributed by atoms with E-state index in [-0.39, 0.29) is 24.5 Å². The molecule has 2 aromatic rings. The number of amides is 2. The molecular formula is C22H26BrClN2O3. The van der Waals surface area contributed by atoms with Gasteiger partial charge in [0.15, 0.2) is 6.61 Å². The number of rotatable bonds is 9. The zero-order valence-electron chi connectivity index (χ0n) is 16.8. The summed E-state index contributed by atoms with van der Waals surface area (Å²) in [5, 5.41) is 3.54. The van der Waals surface area contributed by atoms with Crippen molar-refractivity contribution in [3.8, 4) is 5.75 Å². The molecule has 0 unspecified atom stereocenters. The fraction of sp³-hybridized carbons (Fsp3) is 0.364. The largest absolute Gasteiger partial charge is 0.484 e. The van der Waals surface area contributed by atoms with Crippen molar-refractivity contribution >= 4 is 39.3 Å². The molecule has 0 fully saturated rings. The van der Waals surface area contributed by atoms with Gasteiger partial charge in [0.25, 0.3) is 5.91 Å². The summed E-state index contributed by atoms with van der Waals surface area (Å²) in [6, 6.07) is 13.9. The van der Waals surface area contributed by atoms with Crippen molar-refractivity contribution in [1.29, 1.82) is 0 Å². The van der Waals surface area contributed by atoms with Crippen molar-refractivity contribution in [2.75, 3.05) is 6.61 Å². The van der Waals surface area contributed by atoms with Gasteiger partial charge in [-0.05, 0) is 62.2 Å². The minimum absolute atomic E-state index is 0.0399. The van der Waals surface area contributed by atoms with Gasteiger partial charge in [-0.2, -0.15) is 0 Å². The highest BCUT2D eigenvalue weighted by Crippen LogP contribution is 2.18. The Morgan fingerprint density at radius 2 is 1.86 bits per heavy atom. The van der Waals surface area contributed by atoms with Crippen LogP contribution in [0.15, 0.2) is 53.0 Å². The number of halogens is 2. The highest BCUT2D eigenvalue weighted by molar-refractivity contribution is 9.10. The quantitative estimate of drug-likeness (QED) is 0.559. The summed E-state index contributed by atoms with van der Waals surface area (Å²) in [5.74, 6) is 0.0859. The summed E-state index contributed by atoms with van der Waals surface area (Å²) in [6.07, 6.45) is 0.817. The highest BCUT2D eigenvalue weighted by atomic mass is 79.9. The lowest BCUT2D eigenvalue weighted by Crippen LogP contribution is -2.50. The minimum atomic E-state index is -0.635. The van der Waals surface area contributed by atoms with Crippen molar-refractivity contribution in [3.63, 3.8) is 0 Å². The summed E-state index contributed by atoms with van der Waals surface area (Å²) in [4.78, 5) is 27.2. The molecule has 29 heavy (non-hydrogen) atoms. The first-order chi connectivity index (χ1) is 13.8. The number of hydrogen-bond acceptors (Lipinski definition) is 3. The molecule has 156 valence electrons. The second-order valence-electron chi connectivity index (χ2n) is 6.89. The highest BCUT2D eigenvalue weighted by Gasteiger charge is 2.27. The molecule has 2 aromatic carbocycles. The number of nitrogens with one attached hydrogen (secondary N) is 1. The Kier molecular flexibility index (Phi) is 8.99. The Hall–Kier alpha value is -2.05. The van der Waals surface area contributed by atoms with Crippen LogP contribution in [-0.2, 0) is 16.1 Å². The number of hydrogen-bond donors (Lipinski definition) is 1. The standard InChI is InChI=1S/C22H26BrClN2O3/c1-4-15(2)25-22(28)16(3)26(13-17-6-5-7-18(23)12-17)21(27)14-29-20-10-8-19(24)9-11-20/h5-12,15-16H,4,13-14H2,1-3H3,(H,25,28)/t15-,16-/m0/s1. The van der Waals surface area contributed by atoms with Crippen LogP contribution in [-0.4, -0.2) is 35.4 Å². The molecule has 0 saturated carbocycles. The minimum Gasteiger partial charge on any atom is -0.484 e. The van der Waals surface area contributed by atoms with Gasteiger partial charge in [-0.1, -0.05) is 46.6 Å². The number of benzene rings is 2. The van der Waals surface area contributed by atoms with Crippen molar-refractivity contribution < 1.29 is 14.3 Å². The second-order valence-corrected chi connectivity index (χ2v) is 8.24. The van der Waals surface area contributed by atoms with Crippen molar-refractivity contribution in [2.24, 2.45) is 0 Å². The molecular weight excluding hydrogens is 456 g/mol. The van der Waals surface area contributed by atoms with Gasteiger partial charge < -0.3 is 15.0 Å². The molecule has 2 atom stereocenters. The van der Waals surface area contributed by atoms with E-state index in [2.05, 4.69) is 21.2 Å². The lowest BCUT2D eigenvalue weighted by atomic mass is 10.1. The van der Waals surface area contributed by atoms with Gasteiger partial charge >= 0.3 is 0 Å². The SMILES string of the molecule is CC[C@H](C)NC(=O)[C@H](C)N(Cc1cccc(Br)c1)C(=O)COc1ccc(Cl)cc1. The average molecular weight is 482 g/mol. The average Bonchev–Trinajstić information content (AvgIpc) is 2.70. The molecule has 0 aliphatic rings. The molecule has 0 aromatic heterocycles. The van der Waals surface area contributed by atoms with Crippen LogP contribution in [0.3, 0.4) is 0 Å². The van der Waals surface area contributed by atoms with Crippen molar-refractivity contribution in [1.82, 2.24) is 10.2 Å². The van der Waals surface area contributed by atoms with Crippen LogP contribution >= 0.6 is 27.5 Å². The molecule has 5 nitrogen and oxygen atoms in total. The molecule has 1 N–H and O–H groups in total. The van der Waals surface area contributed by atoms with E-state index >= 15 is 0 Å². The van der Waals surface area contributed by atoms with Crippen LogP contribution in [0.1, 0.15) is 32.8 Å². The predicted octanol–water partition coefficient (Wildman–Crippen LogP) is 4.81. The Morgan fingerprint density at radius 3 is 2.48 bits per heavy atom. The molecule has 0 saturated heterocycles. The van der Waals surface area contributed by atoms with Crippen LogP contribution in [0.4, 0.5) is 0 Å². The lowest BCUT2D eigenvalue weighted by Gasteiger charge is -2.29. The predicted molar refractivity (Wildman–Crippen MR) is 119 cm³/mol. The maximum Gasteiger partial charge on any atom is 0.261 e. The van der Waals surface area contributed by atoms with Crippen LogP contribution in [0.25, 0.3) is 0 Å². The van der Waals surface area contributed by atoms with Crippen molar-refractivity contribution in [2.45, 2.75) is 45.8 Å². The van der Waals surface area contributed by atoms with Gasteiger partial charge in [0.1, 0.15) is 11.8 Å². The molecule has 2 amide bonds. The van der Waals surface area contributed by atoms with Gasteiger partial charge in [-0.25, -0.2) is 0 Å². The van der Waals surface area contributed by atoms with E-state index in [1.807, 2.05) is 38.1 Å². The lowest BCUT2D eigenvalue weighted by molar-refractivity contribution is -0.142. The zero-order chi connectivity index (χ0) is 21.4. The van der Waals surface area contributed by atoms with Gasteiger partial charge in [0.2, 0.25) is 5.91 Å². The summed E-state index contributed by atoms with van der Waals surface area (Å²) in [5.41, 5.74) is 0.919. The summed E-state index contributed by atoms with van der Waals surface area (Å²) >= 11 is 9.32. The number of carbonyl (C=O) groups is 2. The van der Waals surface area contributed by atoms with E-state index in [1.165, 1.54) is 4.90 Å². The maximum atomic E-state index is 13.0. The fourth-order valence-electron chi connectivity index (χ4n) is 2.64. The van der Waals surface area contributed by atoms with E-state index in [4.69, 9.17) is 16.3 Å². The summed E-state index contributed by atoms with van der Waals surface area (Å²) in [6.45, 7) is 5.80. The van der Waals surface area contributed by atoms with Crippen LogP contribution in [0.5, 0.6) is 5.75 Å². The molecule has 7 heteroatoms.